The predicted octanol–water partition coefficient (Wildman–Crippen LogP) is 5.42. The van der Waals surface area contributed by atoms with Crippen molar-refractivity contribution in [1.29, 1.82) is 0 Å². The van der Waals surface area contributed by atoms with E-state index < -0.39 is 46.4 Å². The molecule has 0 aliphatic heterocycles. The first-order valence-electron chi connectivity index (χ1n) is 8.31. The first-order valence-corrected chi connectivity index (χ1v) is 8.31. The Morgan fingerprint density at radius 3 is 2.03 bits per heavy atom. The number of aryl methyl sites for hydroxylation is 2. The fraction of sp³-hybridized carbons (Fsp3) is 0.150. The first-order chi connectivity index (χ1) is 13.7. The molecule has 4 nitrogen and oxygen atoms in total. The summed E-state index contributed by atoms with van der Waals surface area (Å²) in [5.41, 5.74) is 0.317. The highest BCUT2D eigenvalue weighted by Crippen LogP contribution is 2.28. The second kappa shape index (κ2) is 7.94. The molecular formula is C20H14F5NO3. The molecule has 0 fully saturated rings. The number of nitrogens with one attached hydrogen (secondary N) is 1. The van der Waals surface area contributed by atoms with Crippen LogP contribution in [0.2, 0.25) is 0 Å². The van der Waals surface area contributed by atoms with Gasteiger partial charge in [-0.05, 0) is 37.1 Å². The van der Waals surface area contributed by atoms with E-state index in [1.165, 1.54) is 12.1 Å². The third-order valence-corrected chi connectivity index (χ3v) is 4.10. The summed E-state index contributed by atoms with van der Waals surface area (Å²) in [4.78, 5) is 12.1. The van der Waals surface area contributed by atoms with E-state index in [1.807, 2.05) is 32.0 Å². The van der Waals surface area contributed by atoms with Gasteiger partial charge >= 0.3 is 0 Å². The minimum atomic E-state index is -2.32. The molecule has 152 valence electrons. The maximum Gasteiger partial charge on any atom is 0.291 e. The average molecular weight is 411 g/mol. The van der Waals surface area contributed by atoms with Gasteiger partial charge in [-0.25, -0.2) is 22.0 Å². The Morgan fingerprint density at radius 1 is 0.897 bits per heavy atom. The first kappa shape index (κ1) is 20.4. The number of carbonyl (C=O) groups is 1. The van der Waals surface area contributed by atoms with Crippen molar-refractivity contribution in [2.45, 2.75) is 20.5 Å². The van der Waals surface area contributed by atoms with Crippen LogP contribution >= 0.6 is 0 Å². The van der Waals surface area contributed by atoms with Crippen molar-refractivity contribution >= 4 is 11.6 Å². The van der Waals surface area contributed by atoms with Crippen LogP contribution in [0.5, 0.6) is 5.75 Å². The van der Waals surface area contributed by atoms with Crippen LogP contribution in [0.3, 0.4) is 0 Å². The van der Waals surface area contributed by atoms with Crippen LogP contribution in [0.25, 0.3) is 0 Å². The summed E-state index contributed by atoms with van der Waals surface area (Å²) in [6, 6.07) is 8.15. The molecule has 3 aromatic rings. The van der Waals surface area contributed by atoms with Gasteiger partial charge in [0.15, 0.2) is 29.0 Å². The molecule has 1 N–H and O–H groups in total. The second-order valence-corrected chi connectivity index (χ2v) is 6.17. The molecule has 1 aromatic heterocycles. The zero-order chi connectivity index (χ0) is 21.3. The van der Waals surface area contributed by atoms with Gasteiger partial charge < -0.3 is 14.5 Å². The summed E-state index contributed by atoms with van der Waals surface area (Å²) in [7, 11) is 0. The maximum absolute atomic E-state index is 13.7. The molecule has 0 saturated heterocycles. The van der Waals surface area contributed by atoms with Gasteiger partial charge in [0.1, 0.15) is 23.8 Å². The third kappa shape index (κ3) is 3.94. The maximum atomic E-state index is 13.7. The van der Waals surface area contributed by atoms with E-state index in [9.17, 15) is 26.7 Å². The number of furan rings is 1. The lowest BCUT2D eigenvalue weighted by Gasteiger charge is -2.10. The van der Waals surface area contributed by atoms with Crippen LogP contribution < -0.4 is 10.1 Å². The molecule has 0 saturated carbocycles. The van der Waals surface area contributed by atoms with Crippen LogP contribution in [0.15, 0.2) is 34.7 Å². The Hall–Kier alpha value is -3.36. The van der Waals surface area contributed by atoms with Crippen molar-refractivity contribution < 1.29 is 35.9 Å². The lowest BCUT2D eigenvalue weighted by atomic mass is 10.1. The van der Waals surface area contributed by atoms with Gasteiger partial charge in [0.05, 0.1) is 0 Å². The predicted molar refractivity (Wildman–Crippen MR) is 93.1 cm³/mol. The highest BCUT2D eigenvalue weighted by atomic mass is 19.2. The van der Waals surface area contributed by atoms with Gasteiger partial charge in [-0.2, -0.15) is 0 Å². The summed E-state index contributed by atoms with van der Waals surface area (Å²) >= 11 is 0. The molecule has 0 bridgehead atoms. The van der Waals surface area contributed by atoms with Gasteiger partial charge in [0.2, 0.25) is 5.82 Å². The highest BCUT2D eigenvalue weighted by molar-refractivity contribution is 6.02. The van der Waals surface area contributed by atoms with Crippen LogP contribution in [-0.2, 0) is 6.61 Å². The topological polar surface area (TPSA) is 51.5 Å². The zero-order valence-electron chi connectivity index (χ0n) is 15.2. The largest absolute Gasteiger partial charge is 0.485 e. The van der Waals surface area contributed by atoms with Gasteiger partial charge in [0.25, 0.3) is 5.91 Å². The van der Waals surface area contributed by atoms with Crippen molar-refractivity contribution in [3.63, 3.8) is 0 Å². The van der Waals surface area contributed by atoms with Crippen molar-refractivity contribution in [1.82, 2.24) is 0 Å². The van der Waals surface area contributed by atoms with E-state index in [-0.39, 0.29) is 12.4 Å². The van der Waals surface area contributed by atoms with Crippen LogP contribution in [0.4, 0.5) is 27.6 Å². The molecule has 0 atom stereocenters. The number of ether oxygens (including phenoxy) is 1. The standard InChI is InChI=1S/C20H14F5NO3/c1-9-4-3-5-10(2)19(9)28-8-11-6-7-12(29-11)20(27)26-18-16(24)14(22)13(21)15(23)17(18)25/h3-7H,8H2,1-2H3,(H,26,27). The smallest absolute Gasteiger partial charge is 0.291 e. The Morgan fingerprint density at radius 2 is 1.45 bits per heavy atom. The minimum Gasteiger partial charge on any atom is -0.485 e. The van der Waals surface area contributed by atoms with Gasteiger partial charge in [-0.15, -0.1) is 0 Å². The van der Waals surface area contributed by atoms with Crippen molar-refractivity contribution in [2.24, 2.45) is 0 Å². The Labute approximate surface area is 161 Å². The molecule has 0 unspecified atom stereocenters. The van der Waals surface area contributed by atoms with Crippen LogP contribution in [0, 0.1) is 42.9 Å². The van der Waals surface area contributed by atoms with E-state index >= 15 is 0 Å². The molecule has 0 spiro atoms. The number of anilines is 1. The quantitative estimate of drug-likeness (QED) is 0.346. The third-order valence-electron chi connectivity index (χ3n) is 4.10. The summed E-state index contributed by atoms with van der Waals surface area (Å²) in [6.07, 6.45) is 0. The number of para-hydroxylation sites is 1. The molecule has 1 amide bonds. The number of carbonyl (C=O) groups excluding carboxylic acids is 1. The Bertz CT molecular complexity index is 1040. The molecule has 29 heavy (non-hydrogen) atoms. The summed E-state index contributed by atoms with van der Waals surface area (Å²) in [5.74, 6) is -11.7. The highest BCUT2D eigenvalue weighted by Gasteiger charge is 2.27. The van der Waals surface area contributed by atoms with Gasteiger partial charge in [0, 0.05) is 0 Å². The van der Waals surface area contributed by atoms with Gasteiger partial charge in [-0.1, -0.05) is 18.2 Å². The van der Waals surface area contributed by atoms with Crippen LogP contribution in [-0.4, -0.2) is 5.91 Å². The fourth-order valence-electron chi connectivity index (χ4n) is 2.64. The molecule has 0 radical (unpaired) electrons. The van der Waals surface area contributed by atoms with E-state index in [4.69, 9.17) is 9.15 Å². The van der Waals surface area contributed by atoms with Crippen molar-refractivity contribution in [3.05, 3.63) is 82.1 Å². The molecule has 9 heteroatoms. The number of halogens is 5. The monoisotopic (exact) mass is 411 g/mol. The number of hydrogen-bond donors (Lipinski definition) is 1. The molecule has 0 aliphatic rings. The van der Waals surface area contributed by atoms with E-state index in [1.54, 1.807) is 5.32 Å². The molecule has 2 aromatic carbocycles. The number of amides is 1. The SMILES string of the molecule is Cc1cccc(C)c1OCc1ccc(C(=O)Nc2c(F)c(F)c(F)c(F)c2F)o1. The zero-order valence-corrected chi connectivity index (χ0v) is 15.2. The Kier molecular flexibility index (Phi) is 5.58. The summed E-state index contributed by atoms with van der Waals surface area (Å²) in [6.45, 7) is 3.67. The van der Waals surface area contributed by atoms with Crippen molar-refractivity contribution in [2.75, 3.05) is 5.32 Å². The van der Waals surface area contributed by atoms with Gasteiger partial charge in [-0.3, -0.25) is 4.79 Å². The minimum absolute atomic E-state index is 0.0402. The summed E-state index contributed by atoms with van der Waals surface area (Å²) in [5, 5.41) is 1.64. The molecule has 1 heterocycles. The Balaban J connectivity index is 1.75. The van der Waals surface area contributed by atoms with E-state index in [2.05, 4.69) is 0 Å². The lowest BCUT2D eigenvalue weighted by Crippen LogP contribution is -2.16. The number of benzene rings is 2. The van der Waals surface area contributed by atoms with Crippen molar-refractivity contribution in [3.8, 4) is 5.75 Å². The second-order valence-electron chi connectivity index (χ2n) is 6.17. The van der Waals surface area contributed by atoms with E-state index in [0.717, 1.165) is 11.1 Å². The number of rotatable bonds is 5. The number of hydrogen-bond acceptors (Lipinski definition) is 3. The summed E-state index contributed by atoms with van der Waals surface area (Å²) < 4.78 is 77.8. The normalized spacial score (nSPS) is 10.9. The fourth-order valence-corrected chi connectivity index (χ4v) is 2.64. The van der Waals surface area contributed by atoms with E-state index in [0.29, 0.717) is 5.75 Å². The van der Waals surface area contributed by atoms with Crippen LogP contribution in [0.1, 0.15) is 27.4 Å². The average Bonchev–Trinajstić information content (AvgIpc) is 3.17. The molecular weight excluding hydrogens is 397 g/mol. The molecule has 3 rings (SSSR count). The lowest BCUT2D eigenvalue weighted by molar-refractivity contribution is 0.0991. The molecule has 0 aliphatic carbocycles.